The van der Waals surface area contributed by atoms with E-state index in [0.29, 0.717) is 12.3 Å². The van der Waals surface area contributed by atoms with Crippen molar-refractivity contribution < 1.29 is 0 Å². The van der Waals surface area contributed by atoms with Crippen LogP contribution in [0.15, 0.2) is 21.6 Å². The van der Waals surface area contributed by atoms with E-state index in [0.717, 1.165) is 33.3 Å². The lowest BCUT2D eigenvalue weighted by Crippen LogP contribution is -2.21. The van der Waals surface area contributed by atoms with Crippen molar-refractivity contribution in [2.45, 2.75) is 20.0 Å². The lowest BCUT2D eigenvalue weighted by Gasteiger charge is -2.14. The Morgan fingerprint density at radius 3 is 2.83 bits per heavy atom. The van der Waals surface area contributed by atoms with E-state index in [9.17, 15) is 4.79 Å². The molecule has 0 saturated carbocycles. The number of thiophene rings is 1. The number of rotatable bonds is 4. The zero-order valence-corrected chi connectivity index (χ0v) is 15.2. The van der Waals surface area contributed by atoms with Crippen LogP contribution in [0.2, 0.25) is 0 Å². The molecule has 0 aliphatic heterocycles. The van der Waals surface area contributed by atoms with Gasteiger partial charge in [0.2, 0.25) is 5.78 Å². The summed E-state index contributed by atoms with van der Waals surface area (Å²) in [5, 5.41) is 13.6. The summed E-state index contributed by atoms with van der Waals surface area (Å²) >= 11 is 3.11. The van der Waals surface area contributed by atoms with Crippen molar-refractivity contribution in [3.63, 3.8) is 0 Å². The highest BCUT2D eigenvalue weighted by molar-refractivity contribution is 7.17. The Labute approximate surface area is 145 Å². The predicted molar refractivity (Wildman–Crippen MR) is 95.6 cm³/mol. The molecule has 0 spiro atoms. The number of hydrogen-bond acceptors (Lipinski definition) is 7. The van der Waals surface area contributed by atoms with Crippen LogP contribution in [0, 0.1) is 6.92 Å². The van der Waals surface area contributed by atoms with Crippen LogP contribution in [0.5, 0.6) is 0 Å². The summed E-state index contributed by atoms with van der Waals surface area (Å²) in [6.07, 6.45) is 0. The summed E-state index contributed by atoms with van der Waals surface area (Å²) in [5.41, 5.74) is 1.89. The van der Waals surface area contributed by atoms with Crippen LogP contribution in [0.1, 0.15) is 16.5 Å². The Balaban J connectivity index is 1.73. The van der Waals surface area contributed by atoms with Gasteiger partial charge in [0.05, 0.1) is 18.6 Å². The van der Waals surface area contributed by atoms with Crippen molar-refractivity contribution >= 4 is 38.7 Å². The molecule has 0 bridgehead atoms. The number of hydrogen-bond donors (Lipinski definition) is 0. The van der Waals surface area contributed by atoms with Crippen molar-refractivity contribution in [3.05, 3.63) is 43.7 Å². The van der Waals surface area contributed by atoms with Gasteiger partial charge in [0.25, 0.3) is 5.56 Å². The maximum Gasteiger partial charge on any atom is 0.272 e. The maximum absolute atomic E-state index is 12.4. The van der Waals surface area contributed by atoms with Crippen molar-refractivity contribution in [2.75, 3.05) is 7.05 Å². The van der Waals surface area contributed by atoms with Crippen LogP contribution >= 0.6 is 22.7 Å². The van der Waals surface area contributed by atoms with Gasteiger partial charge in [-0.2, -0.15) is 0 Å². The van der Waals surface area contributed by atoms with Gasteiger partial charge in [-0.3, -0.25) is 18.7 Å². The highest BCUT2D eigenvalue weighted by atomic mass is 32.1. The maximum atomic E-state index is 12.4. The fourth-order valence-corrected chi connectivity index (χ4v) is 4.46. The Kier molecular flexibility index (Phi) is 3.70. The Morgan fingerprint density at radius 2 is 2.08 bits per heavy atom. The monoisotopic (exact) mass is 360 g/mol. The van der Waals surface area contributed by atoms with Gasteiger partial charge in [-0.15, -0.1) is 32.9 Å². The van der Waals surface area contributed by atoms with Gasteiger partial charge in [0.15, 0.2) is 5.82 Å². The number of thiazole rings is 1. The molecular formula is C15H16N6OS2. The molecule has 0 aliphatic carbocycles. The lowest BCUT2D eigenvalue weighted by molar-refractivity contribution is 0.309. The molecule has 0 amide bonds. The number of aryl methyl sites for hydroxylation is 2. The van der Waals surface area contributed by atoms with Crippen LogP contribution in [-0.2, 0) is 20.1 Å². The van der Waals surface area contributed by atoms with Crippen molar-refractivity contribution in [2.24, 2.45) is 7.05 Å². The third-order valence-electron chi connectivity index (χ3n) is 3.88. The molecule has 0 atom stereocenters. The number of aromatic nitrogens is 5. The van der Waals surface area contributed by atoms with E-state index in [1.165, 1.54) is 11.3 Å². The first kappa shape index (κ1) is 15.4. The lowest BCUT2D eigenvalue weighted by atomic mass is 10.4. The molecule has 124 valence electrons. The second kappa shape index (κ2) is 5.76. The molecule has 7 nitrogen and oxygen atoms in total. The van der Waals surface area contributed by atoms with Crippen LogP contribution in [-0.4, -0.2) is 36.1 Å². The first-order chi connectivity index (χ1) is 11.5. The molecule has 4 aromatic rings. The van der Waals surface area contributed by atoms with E-state index in [1.54, 1.807) is 23.0 Å². The minimum atomic E-state index is -0.0296. The molecule has 9 heteroatoms. The standard InChI is InChI=1S/C15H16N6OS2/c1-9-8-24-12(16-9)7-19(2)6-11-17-18-15-20(3)14(22)13-10(21(11)15)4-5-23-13/h4-5,8H,6-7H2,1-3H3. The number of fused-ring (bicyclic) bond motifs is 3. The summed E-state index contributed by atoms with van der Waals surface area (Å²) in [5.74, 6) is 1.39. The van der Waals surface area contributed by atoms with E-state index in [1.807, 2.05) is 29.8 Å². The summed E-state index contributed by atoms with van der Waals surface area (Å²) in [7, 11) is 3.77. The fraction of sp³-hybridized carbons (Fsp3) is 0.333. The van der Waals surface area contributed by atoms with Crippen molar-refractivity contribution in [1.29, 1.82) is 0 Å². The molecule has 4 aromatic heterocycles. The van der Waals surface area contributed by atoms with E-state index >= 15 is 0 Å². The smallest absolute Gasteiger partial charge is 0.272 e. The van der Waals surface area contributed by atoms with Gasteiger partial charge in [-0.25, -0.2) is 4.98 Å². The molecule has 0 radical (unpaired) electrons. The topological polar surface area (TPSA) is 68.3 Å². The Morgan fingerprint density at radius 1 is 1.25 bits per heavy atom. The van der Waals surface area contributed by atoms with Gasteiger partial charge < -0.3 is 0 Å². The van der Waals surface area contributed by atoms with E-state index < -0.39 is 0 Å². The minimum absolute atomic E-state index is 0.0296. The second-order valence-electron chi connectivity index (χ2n) is 5.81. The SMILES string of the molecule is Cc1csc(CN(C)Cc2nnc3n(C)c(=O)c4sccc4n23)n1. The molecule has 0 fully saturated rings. The van der Waals surface area contributed by atoms with Gasteiger partial charge >= 0.3 is 0 Å². The first-order valence-corrected chi connectivity index (χ1v) is 9.20. The van der Waals surface area contributed by atoms with Crippen LogP contribution in [0.3, 0.4) is 0 Å². The predicted octanol–water partition coefficient (Wildman–Crippen LogP) is 2.04. The molecule has 0 unspecified atom stereocenters. The highest BCUT2D eigenvalue weighted by Crippen LogP contribution is 2.20. The van der Waals surface area contributed by atoms with Gasteiger partial charge in [0, 0.05) is 18.1 Å². The van der Waals surface area contributed by atoms with Gasteiger partial charge in [0.1, 0.15) is 9.71 Å². The third kappa shape index (κ3) is 2.45. The zero-order valence-electron chi connectivity index (χ0n) is 13.6. The average Bonchev–Trinajstić information content (AvgIpc) is 3.24. The highest BCUT2D eigenvalue weighted by Gasteiger charge is 2.17. The Hall–Kier alpha value is -2.10. The van der Waals surface area contributed by atoms with Crippen molar-refractivity contribution in [3.8, 4) is 0 Å². The average molecular weight is 360 g/mol. The van der Waals surface area contributed by atoms with Crippen molar-refractivity contribution in [1.82, 2.24) is 29.0 Å². The molecule has 0 aromatic carbocycles. The quantitative estimate of drug-likeness (QED) is 0.557. The summed E-state index contributed by atoms with van der Waals surface area (Å²) in [4.78, 5) is 19.0. The Bertz CT molecular complexity index is 1090. The molecule has 0 saturated heterocycles. The van der Waals surface area contributed by atoms with Gasteiger partial charge in [-0.05, 0) is 25.4 Å². The van der Waals surface area contributed by atoms with E-state index in [4.69, 9.17) is 0 Å². The minimum Gasteiger partial charge on any atom is -0.292 e. The zero-order chi connectivity index (χ0) is 16.8. The second-order valence-corrected chi connectivity index (χ2v) is 7.66. The molecule has 4 rings (SSSR count). The molecule has 24 heavy (non-hydrogen) atoms. The van der Waals surface area contributed by atoms with E-state index in [2.05, 4.69) is 25.5 Å². The molecule has 0 aliphatic rings. The summed E-state index contributed by atoms with van der Waals surface area (Å²) in [6.45, 7) is 3.38. The molecule has 4 heterocycles. The number of nitrogens with zero attached hydrogens (tertiary/aromatic N) is 6. The summed E-state index contributed by atoms with van der Waals surface area (Å²) < 4.78 is 4.25. The third-order valence-corrected chi connectivity index (χ3v) is 5.72. The van der Waals surface area contributed by atoms with Crippen LogP contribution < -0.4 is 5.56 Å². The summed E-state index contributed by atoms with van der Waals surface area (Å²) in [6, 6.07) is 1.95. The van der Waals surface area contributed by atoms with Gasteiger partial charge in [-0.1, -0.05) is 0 Å². The van der Waals surface area contributed by atoms with E-state index in [-0.39, 0.29) is 5.56 Å². The normalized spacial score (nSPS) is 12.0. The van der Waals surface area contributed by atoms with Crippen LogP contribution in [0.4, 0.5) is 0 Å². The molecular weight excluding hydrogens is 344 g/mol. The molecule has 0 N–H and O–H groups in total. The first-order valence-electron chi connectivity index (χ1n) is 7.44. The van der Waals surface area contributed by atoms with Crippen LogP contribution in [0.25, 0.3) is 16.0 Å². The fourth-order valence-electron chi connectivity index (χ4n) is 2.76. The largest absolute Gasteiger partial charge is 0.292 e.